The molecule has 5 nitrogen and oxygen atoms in total. The number of nitrogens with one attached hydrogen (secondary N) is 2. The van der Waals surface area contributed by atoms with Crippen molar-refractivity contribution in [1.29, 1.82) is 0 Å². The van der Waals surface area contributed by atoms with E-state index in [0.29, 0.717) is 24.5 Å². The first-order valence-electron chi connectivity index (χ1n) is 9.18. The van der Waals surface area contributed by atoms with E-state index in [1.165, 1.54) is 0 Å². The molecule has 0 bridgehead atoms. The van der Waals surface area contributed by atoms with Crippen LogP contribution in [0.25, 0.3) is 0 Å². The van der Waals surface area contributed by atoms with Crippen molar-refractivity contribution < 1.29 is 9.59 Å². The van der Waals surface area contributed by atoms with Crippen LogP contribution < -0.4 is 10.6 Å². The minimum absolute atomic E-state index is 0.198. The molecule has 0 saturated carbocycles. The quantitative estimate of drug-likeness (QED) is 0.788. The zero-order valence-corrected chi connectivity index (χ0v) is 16.1. The highest BCUT2D eigenvalue weighted by atomic mass is 35.5. The molecule has 2 N–H and O–H groups in total. The number of hydrogen-bond donors (Lipinski definition) is 2. The SMILES string of the molecule is C[C@@H](NC(=O)NCc1ccccc1CN1CCCC1=O)c1ccccc1Cl. The molecule has 1 aliphatic heterocycles. The molecule has 2 aromatic carbocycles. The van der Waals surface area contributed by atoms with E-state index in [1.54, 1.807) is 0 Å². The molecule has 0 spiro atoms. The third-order valence-electron chi connectivity index (χ3n) is 4.81. The summed E-state index contributed by atoms with van der Waals surface area (Å²) in [5.74, 6) is 0.198. The summed E-state index contributed by atoms with van der Waals surface area (Å²) in [5.41, 5.74) is 2.95. The normalized spacial score (nSPS) is 14.9. The molecule has 1 fully saturated rings. The Kier molecular flexibility index (Phi) is 6.35. The van der Waals surface area contributed by atoms with Crippen LogP contribution in [0, 0.1) is 0 Å². The number of hydrogen-bond acceptors (Lipinski definition) is 2. The van der Waals surface area contributed by atoms with Crippen molar-refractivity contribution in [2.45, 2.75) is 38.9 Å². The summed E-state index contributed by atoms with van der Waals surface area (Å²) in [6, 6.07) is 14.9. The fourth-order valence-corrected chi connectivity index (χ4v) is 3.59. The Morgan fingerprint density at radius 2 is 1.85 bits per heavy atom. The first-order chi connectivity index (χ1) is 13.0. The van der Waals surface area contributed by atoms with E-state index >= 15 is 0 Å². The minimum atomic E-state index is -0.255. The van der Waals surface area contributed by atoms with Crippen molar-refractivity contribution in [1.82, 2.24) is 15.5 Å². The number of urea groups is 1. The van der Waals surface area contributed by atoms with Gasteiger partial charge >= 0.3 is 6.03 Å². The van der Waals surface area contributed by atoms with Gasteiger partial charge in [-0.3, -0.25) is 4.79 Å². The van der Waals surface area contributed by atoms with Gasteiger partial charge in [0.1, 0.15) is 0 Å². The average Bonchev–Trinajstić information content (AvgIpc) is 3.06. The standard InChI is InChI=1S/C21H24ClN3O2/c1-15(18-9-4-5-10-19(18)22)24-21(27)23-13-16-7-2-3-8-17(16)14-25-12-6-11-20(25)26/h2-5,7-10,15H,6,11-14H2,1H3,(H2,23,24,27)/t15-/m1/s1. The van der Waals surface area contributed by atoms with Gasteiger partial charge in [0.05, 0.1) is 6.04 Å². The Labute approximate surface area is 164 Å². The Balaban J connectivity index is 1.57. The molecule has 1 atom stereocenters. The lowest BCUT2D eigenvalue weighted by molar-refractivity contribution is -0.128. The van der Waals surface area contributed by atoms with Crippen molar-refractivity contribution in [2.75, 3.05) is 6.54 Å². The fourth-order valence-electron chi connectivity index (χ4n) is 3.29. The zero-order chi connectivity index (χ0) is 19.2. The maximum atomic E-state index is 12.3. The summed E-state index contributed by atoms with van der Waals surface area (Å²) < 4.78 is 0. The average molecular weight is 386 g/mol. The Morgan fingerprint density at radius 1 is 1.15 bits per heavy atom. The van der Waals surface area contributed by atoms with Crippen molar-refractivity contribution >= 4 is 23.5 Å². The van der Waals surface area contributed by atoms with Crippen molar-refractivity contribution in [3.05, 3.63) is 70.2 Å². The van der Waals surface area contributed by atoms with Crippen molar-refractivity contribution in [3.63, 3.8) is 0 Å². The smallest absolute Gasteiger partial charge is 0.315 e. The number of halogens is 1. The fraction of sp³-hybridized carbons (Fsp3) is 0.333. The van der Waals surface area contributed by atoms with Gasteiger partial charge in [0.2, 0.25) is 5.91 Å². The summed E-state index contributed by atoms with van der Waals surface area (Å²) in [5, 5.41) is 6.44. The summed E-state index contributed by atoms with van der Waals surface area (Å²) in [6.07, 6.45) is 1.55. The van der Waals surface area contributed by atoms with E-state index in [4.69, 9.17) is 11.6 Å². The monoisotopic (exact) mass is 385 g/mol. The van der Waals surface area contributed by atoms with Crippen LogP contribution in [-0.2, 0) is 17.9 Å². The highest BCUT2D eigenvalue weighted by molar-refractivity contribution is 6.31. The molecule has 3 rings (SSSR count). The van der Waals surface area contributed by atoms with Crippen LogP contribution in [-0.4, -0.2) is 23.4 Å². The highest BCUT2D eigenvalue weighted by Crippen LogP contribution is 2.22. The number of amides is 3. The summed E-state index contributed by atoms with van der Waals surface area (Å²) in [4.78, 5) is 26.0. The number of rotatable bonds is 6. The summed E-state index contributed by atoms with van der Waals surface area (Å²) >= 11 is 6.19. The molecule has 3 amide bonds. The van der Waals surface area contributed by atoms with Crippen LogP contribution in [0.4, 0.5) is 4.79 Å². The Morgan fingerprint density at radius 3 is 2.56 bits per heavy atom. The van der Waals surface area contributed by atoms with Gasteiger partial charge in [0.25, 0.3) is 0 Å². The van der Waals surface area contributed by atoms with Crippen LogP contribution >= 0.6 is 11.6 Å². The lowest BCUT2D eigenvalue weighted by atomic mass is 10.1. The molecule has 142 valence electrons. The Hall–Kier alpha value is -2.53. The Bertz CT molecular complexity index is 825. The predicted octanol–water partition coefficient (Wildman–Crippen LogP) is 4.02. The number of carbonyl (C=O) groups excluding carboxylic acids is 2. The molecule has 1 saturated heterocycles. The highest BCUT2D eigenvalue weighted by Gasteiger charge is 2.21. The second-order valence-corrected chi connectivity index (χ2v) is 7.16. The first-order valence-corrected chi connectivity index (χ1v) is 9.55. The third kappa shape index (κ3) is 5.01. The van der Waals surface area contributed by atoms with Crippen LogP contribution in [0.15, 0.2) is 48.5 Å². The molecule has 6 heteroatoms. The molecule has 27 heavy (non-hydrogen) atoms. The molecule has 0 unspecified atom stereocenters. The molecule has 1 heterocycles. The number of carbonyl (C=O) groups is 2. The maximum Gasteiger partial charge on any atom is 0.315 e. The number of likely N-dealkylation sites (tertiary alicyclic amines) is 1. The zero-order valence-electron chi connectivity index (χ0n) is 15.4. The first kappa shape index (κ1) is 19.2. The predicted molar refractivity (Wildman–Crippen MR) is 106 cm³/mol. The van der Waals surface area contributed by atoms with Crippen LogP contribution in [0.3, 0.4) is 0 Å². The van der Waals surface area contributed by atoms with E-state index in [1.807, 2.05) is 60.4 Å². The van der Waals surface area contributed by atoms with Crippen LogP contribution in [0.1, 0.15) is 42.5 Å². The molecule has 1 aliphatic rings. The molecule has 0 aliphatic carbocycles. The largest absolute Gasteiger partial charge is 0.338 e. The van der Waals surface area contributed by atoms with Crippen LogP contribution in [0.2, 0.25) is 5.02 Å². The maximum absolute atomic E-state index is 12.3. The van der Waals surface area contributed by atoms with Gasteiger partial charge in [-0.1, -0.05) is 54.1 Å². The van der Waals surface area contributed by atoms with E-state index in [2.05, 4.69) is 10.6 Å². The van der Waals surface area contributed by atoms with E-state index in [-0.39, 0.29) is 18.0 Å². The lowest BCUT2D eigenvalue weighted by Crippen LogP contribution is -2.37. The van der Waals surface area contributed by atoms with Gasteiger partial charge in [-0.15, -0.1) is 0 Å². The van der Waals surface area contributed by atoms with Crippen molar-refractivity contribution in [2.24, 2.45) is 0 Å². The molecular weight excluding hydrogens is 362 g/mol. The second kappa shape index (κ2) is 8.91. The van der Waals surface area contributed by atoms with E-state index in [9.17, 15) is 9.59 Å². The van der Waals surface area contributed by atoms with Gasteiger partial charge in [-0.05, 0) is 36.1 Å². The molecule has 0 radical (unpaired) electrons. The van der Waals surface area contributed by atoms with Crippen LogP contribution in [0.5, 0.6) is 0 Å². The van der Waals surface area contributed by atoms with Gasteiger partial charge in [0.15, 0.2) is 0 Å². The van der Waals surface area contributed by atoms with E-state index in [0.717, 1.165) is 29.7 Å². The van der Waals surface area contributed by atoms with E-state index < -0.39 is 0 Å². The van der Waals surface area contributed by atoms with Gasteiger partial charge in [-0.2, -0.15) is 0 Å². The van der Waals surface area contributed by atoms with Gasteiger partial charge in [0, 0.05) is 31.1 Å². The number of nitrogens with zero attached hydrogens (tertiary/aromatic N) is 1. The summed E-state index contributed by atoms with van der Waals surface area (Å²) in [7, 11) is 0. The van der Waals surface area contributed by atoms with Crippen molar-refractivity contribution in [3.8, 4) is 0 Å². The number of benzene rings is 2. The van der Waals surface area contributed by atoms with Gasteiger partial charge < -0.3 is 15.5 Å². The third-order valence-corrected chi connectivity index (χ3v) is 5.15. The summed E-state index contributed by atoms with van der Waals surface area (Å²) in [6.45, 7) is 3.69. The molecule has 0 aromatic heterocycles. The topological polar surface area (TPSA) is 61.4 Å². The van der Waals surface area contributed by atoms with Gasteiger partial charge in [-0.25, -0.2) is 4.79 Å². The second-order valence-electron chi connectivity index (χ2n) is 6.76. The molecule has 2 aromatic rings. The minimum Gasteiger partial charge on any atom is -0.338 e. The lowest BCUT2D eigenvalue weighted by Gasteiger charge is -2.19. The molecular formula is C21H24ClN3O2.